The van der Waals surface area contributed by atoms with E-state index in [4.69, 9.17) is 4.74 Å². The normalized spacial score (nSPS) is 16.1. The summed E-state index contributed by atoms with van der Waals surface area (Å²) in [5.41, 5.74) is 1.58. The summed E-state index contributed by atoms with van der Waals surface area (Å²) in [5, 5.41) is 12.2. The Bertz CT molecular complexity index is 859. The lowest BCUT2D eigenvalue weighted by atomic mass is 9.88. The second kappa shape index (κ2) is 8.43. The third-order valence-corrected chi connectivity index (χ3v) is 6.82. The second-order valence-electron chi connectivity index (χ2n) is 6.70. The number of anilines is 1. The number of aryl methyl sites for hydroxylation is 1. The van der Waals surface area contributed by atoms with Gasteiger partial charge in [0.05, 0.1) is 17.9 Å². The number of hydrogen-bond donors (Lipinski definition) is 1. The number of rotatable bonds is 6. The van der Waals surface area contributed by atoms with Crippen molar-refractivity contribution in [3.05, 3.63) is 21.8 Å². The van der Waals surface area contributed by atoms with Crippen molar-refractivity contribution < 1.29 is 14.3 Å². The number of thiophene rings is 1. The zero-order valence-corrected chi connectivity index (χ0v) is 17.6. The van der Waals surface area contributed by atoms with Gasteiger partial charge in [-0.2, -0.15) is 0 Å². The number of esters is 1. The molecule has 0 spiro atoms. The van der Waals surface area contributed by atoms with Crippen LogP contribution in [0.1, 0.15) is 46.9 Å². The number of carbonyl (C=O) groups excluding carboxylic acids is 2. The molecule has 0 bridgehead atoms. The van der Waals surface area contributed by atoms with Crippen molar-refractivity contribution in [2.45, 2.75) is 45.2 Å². The summed E-state index contributed by atoms with van der Waals surface area (Å²) < 4.78 is 7.08. The SMILES string of the molecule is CCOC(=O)c1c(NC(=O)CSc2nnc(C)n2C)sc2c1CC[C@@H](C)C2. The fourth-order valence-corrected chi connectivity index (χ4v) is 5.24. The number of carbonyl (C=O) groups is 2. The van der Waals surface area contributed by atoms with E-state index in [-0.39, 0.29) is 17.6 Å². The van der Waals surface area contributed by atoms with Gasteiger partial charge in [0.1, 0.15) is 10.8 Å². The van der Waals surface area contributed by atoms with Crippen LogP contribution in [0.15, 0.2) is 5.16 Å². The van der Waals surface area contributed by atoms with E-state index in [1.807, 2.05) is 18.5 Å². The van der Waals surface area contributed by atoms with Crippen molar-refractivity contribution in [1.82, 2.24) is 14.8 Å². The predicted octanol–water partition coefficient (Wildman–Crippen LogP) is 3.22. The molecule has 7 nitrogen and oxygen atoms in total. The highest BCUT2D eigenvalue weighted by molar-refractivity contribution is 7.99. The van der Waals surface area contributed by atoms with E-state index in [1.165, 1.54) is 28.0 Å². The molecule has 0 aliphatic heterocycles. The Hall–Kier alpha value is -1.87. The summed E-state index contributed by atoms with van der Waals surface area (Å²) in [5.74, 6) is 1.06. The number of nitrogens with zero attached hydrogens (tertiary/aromatic N) is 3. The van der Waals surface area contributed by atoms with Gasteiger partial charge in [-0.3, -0.25) is 4.79 Å². The van der Waals surface area contributed by atoms with Crippen LogP contribution in [0.5, 0.6) is 0 Å². The fourth-order valence-electron chi connectivity index (χ4n) is 3.06. The number of ether oxygens (including phenoxy) is 1. The van der Waals surface area contributed by atoms with Crippen molar-refractivity contribution >= 4 is 40.0 Å². The van der Waals surface area contributed by atoms with E-state index in [1.54, 1.807) is 6.92 Å². The van der Waals surface area contributed by atoms with Gasteiger partial charge in [0, 0.05) is 11.9 Å². The standard InChI is InChI=1S/C18H24N4O3S2/c1-5-25-17(24)15-12-7-6-10(2)8-13(12)27-16(15)19-14(23)9-26-18-21-20-11(3)22(18)4/h10H,5-9H2,1-4H3,(H,19,23)/t10-/m1/s1. The number of thioether (sulfide) groups is 1. The van der Waals surface area contributed by atoms with Gasteiger partial charge >= 0.3 is 5.97 Å². The molecule has 2 aromatic heterocycles. The van der Waals surface area contributed by atoms with Crippen LogP contribution in [0.3, 0.4) is 0 Å². The molecule has 0 saturated carbocycles. The highest BCUT2D eigenvalue weighted by Gasteiger charge is 2.29. The van der Waals surface area contributed by atoms with Gasteiger partial charge in [-0.15, -0.1) is 21.5 Å². The van der Waals surface area contributed by atoms with Crippen LogP contribution in [-0.2, 0) is 29.4 Å². The number of aromatic nitrogens is 3. The van der Waals surface area contributed by atoms with E-state index in [0.717, 1.165) is 30.7 Å². The van der Waals surface area contributed by atoms with Crippen molar-refractivity contribution in [2.75, 3.05) is 17.7 Å². The fraction of sp³-hybridized carbons (Fsp3) is 0.556. The monoisotopic (exact) mass is 408 g/mol. The molecule has 0 fully saturated rings. The van der Waals surface area contributed by atoms with Crippen LogP contribution >= 0.6 is 23.1 Å². The summed E-state index contributed by atoms with van der Waals surface area (Å²) in [6, 6.07) is 0. The molecular weight excluding hydrogens is 384 g/mol. The van der Waals surface area contributed by atoms with Crippen molar-refractivity contribution in [3.63, 3.8) is 0 Å². The molecule has 0 aromatic carbocycles. The Balaban J connectivity index is 1.76. The first kappa shape index (κ1) is 19.9. The number of hydrogen-bond acceptors (Lipinski definition) is 7. The number of nitrogens with one attached hydrogen (secondary N) is 1. The lowest BCUT2D eigenvalue weighted by Gasteiger charge is -2.18. The van der Waals surface area contributed by atoms with Crippen LogP contribution < -0.4 is 5.32 Å². The maximum atomic E-state index is 12.5. The predicted molar refractivity (Wildman–Crippen MR) is 107 cm³/mol. The largest absolute Gasteiger partial charge is 0.462 e. The Morgan fingerprint density at radius 2 is 2.19 bits per heavy atom. The molecule has 0 unspecified atom stereocenters. The Kier molecular flexibility index (Phi) is 6.21. The zero-order chi connectivity index (χ0) is 19.6. The molecule has 1 aliphatic carbocycles. The highest BCUT2D eigenvalue weighted by atomic mass is 32.2. The molecule has 9 heteroatoms. The van der Waals surface area contributed by atoms with Crippen LogP contribution in [0.4, 0.5) is 5.00 Å². The Morgan fingerprint density at radius 3 is 2.85 bits per heavy atom. The van der Waals surface area contributed by atoms with E-state index in [9.17, 15) is 9.59 Å². The quantitative estimate of drug-likeness (QED) is 0.583. The average molecular weight is 409 g/mol. The van der Waals surface area contributed by atoms with E-state index in [0.29, 0.717) is 28.2 Å². The molecule has 1 aliphatic rings. The molecule has 0 radical (unpaired) electrons. The molecule has 1 atom stereocenters. The van der Waals surface area contributed by atoms with Gasteiger partial charge in [0.25, 0.3) is 0 Å². The first-order valence-electron chi connectivity index (χ1n) is 9.01. The molecule has 146 valence electrons. The minimum atomic E-state index is -0.351. The molecule has 1 N–H and O–H groups in total. The van der Waals surface area contributed by atoms with Gasteiger partial charge in [-0.1, -0.05) is 18.7 Å². The topological polar surface area (TPSA) is 86.1 Å². The van der Waals surface area contributed by atoms with Gasteiger partial charge in [-0.05, 0) is 44.6 Å². The van der Waals surface area contributed by atoms with Gasteiger partial charge in [-0.25, -0.2) is 4.79 Å². The van der Waals surface area contributed by atoms with E-state index < -0.39 is 0 Å². The van der Waals surface area contributed by atoms with Crippen LogP contribution in [-0.4, -0.2) is 39.0 Å². The molecule has 27 heavy (non-hydrogen) atoms. The molecule has 0 saturated heterocycles. The third kappa shape index (κ3) is 4.35. The smallest absolute Gasteiger partial charge is 0.341 e. The summed E-state index contributed by atoms with van der Waals surface area (Å²) >= 11 is 2.82. The zero-order valence-electron chi connectivity index (χ0n) is 16.0. The lowest BCUT2D eigenvalue weighted by Crippen LogP contribution is -2.18. The van der Waals surface area contributed by atoms with Gasteiger partial charge < -0.3 is 14.6 Å². The summed E-state index contributed by atoms with van der Waals surface area (Å²) in [6.07, 6.45) is 2.84. The van der Waals surface area contributed by atoms with Gasteiger partial charge in [0.2, 0.25) is 5.91 Å². The van der Waals surface area contributed by atoms with E-state index >= 15 is 0 Å². The molecule has 1 amide bonds. The van der Waals surface area contributed by atoms with Crippen molar-refractivity contribution in [1.29, 1.82) is 0 Å². The third-order valence-electron chi connectivity index (χ3n) is 4.63. The number of amides is 1. The minimum Gasteiger partial charge on any atom is -0.462 e. The Labute approximate surface area is 166 Å². The Morgan fingerprint density at radius 1 is 1.41 bits per heavy atom. The second-order valence-corrected chi connectivity index (χ2v) is 8.75. The minimum absolute atomic E-state index is 0.169. The number of fused-ring (bicyclic) bond motifs is 1. The highest BCUT2D eigenvalue weighted by Crippen LogP contribution is 2.40. The van der Waals surface area contributed by atoms with Crippen LogP contribution in [0.25, 0.3) is 0 Å². The molecule has 2 aromatic rings. The first-order valence-corrected chi connectivity index (χ1v) is 10.8. The maximum absolute atomic E-state index is 12.5. The lowest BCUT2D eigenvalue weighted by molar-refractivity contribution is -0.113. The van der Waals surface area contributed by atoms with Gasteiger partial charge in [0.15, 0.2) is 5.16 Å². The first-order chi connectivity index (χ1) is 12.9. The van der Waals surface area contributed by atoms with Crippen molar-refractivity contribution in [2.24, 2.45) is 13.0 Å². The van der Waals surface area contributed by atoms with Crippen LogP contribution in [0, 0.1) is 12.8 Å². The van der Waals surface area contributed by atoms with Crippen LogP contribution in [0.2, 0.25) is 0 Å². The average Bonchev–Trinajstić information content (AvgIpc) is 3.13. The maximum Gasteiger partial charge on any atom is 0.341 e. The summed E-state index contributed by atoms with van der Waals surface area (Å²) in [4.78, 5) is 26.2. The van der Waals surface area contributed by atoms with E-state index in [2.05, 4.69) is 22.4 Å². The molecule has 3 rings (SSSR count). The summed E-state index contributed by atoms with van der Waals surface area (Å²) in [6.45, 7) is 6.18. The summed E-state index contributed by atoms with van der Waals surface area (Å²) in [7, 11) is 1.86. The molecular formula is C18H24N4O3S2. The van der Waals surface area contributed by atoms with Crippen molar-refractivity contribution in [3.8, 4) is 0 Å². The molecule has 2 heterocycles.